The average molecular weight is 753 g/mol. The van der Waals surface area contributed by atoms with Gasteiger partial charge in [0.25, 0.3) is 0 Å². The molecule has 0 saturated heterocycles. The first-order valence-corrected chi connectivity index (χ1v) is 22.4. The van der Waals surface area contributed by atoms with Crippen LogP contribution in [-0.4, -0.2) is 42.8 Å². The molecule has 302 valence electrons. The number of hydrogen-bond donors (Lipinski definition) is 1. The van der Waals surface area contributed by atoms with E-state index in [0.29, 0.717) is 6.42 Å². The smallest absolute Gasteiger partial charge is 0.462 e. The van der Waals surface area contributed by atoms with Crippen LogP contribution >= 0.6 is 7.82 Å². The molecule has 9 heteroatoms. The van der Waals surface area contributed by atoms with Gasteiger partial charge in [-0.25, -0.2) is 4.57 Å². The minimum absolute atomic E-state index is 0.00503. The number of phosphoric acid groups is 1. The Labute approximate surface area is 318 Å². The van der Waals surface area contributed by atoms with Crippen molar-refractivity contribution in [3.8, 4) is 0 Å². The zero-order chi connectivity index (χ0) is 38.2. The largest absolute Gasteiger partial charge is 0.472 e. The van der Waals surface area contributed by atoms with Gasteiger partial charge in [0.05, 0.1) is 13.2 Å². The summed E-state index contributed by atoms with van der Waals surface area (Å²) in [5.74, 6) is -0.824. The van der Waals surface area contributed by atoms with Crippen LogP contribution in [0.4, 0.5) is 0 Å². The van der Waals surface area contributed by atoms with Gasteiger partial charge in [-0.3, -0.25) is 18.6 Å². The maximum Gasteiger partial charge on any atom is 0.472 e. The van der Waals surface area contributed by atoms with Gasteiger partial charge in [-0.05, 0) is 77.6 Å². The van der Waals surface area contributed by atoms with E-state index in [2.05, 4.69) is 62.5 Å². The summed E-state index contributed by atoms with van der Waals surface area (Å²) in [4.78, 5) is 34.7. The van der Waals surface area contributed by atoms with E-state index in [1.54, 1.807) is 6.92 Å². The molecule has 0 aromatic carbocycles. The molecule has 0 spiro atoms. The molecule has 0 amide bonds. The Kier molecular flexibility index (Phi) is 37.2. The second-order valence-electron chi connectivity index (χ2n) is 13.6. The van der Waals surface area contributed by atoms with Gasteiger partial charge in [0.1, 0.15) is 6.61 Å². The lowest BCUT2D eigenvalue weighted by molar-refractivity contribution is -0.161. The van der Waals surface area contributed by atoms with Crippen molar-refractivity contribution in [2.45, 2.75) is 194 Å². The van der Waals surface area contributed by atoms with Crippen LogP contribution in [0.5, 0.6) is 0 Å². The van der Waals surface area contributed by atoms with Crippen LogP contribution in [0.1, 0.15) is 188 Å². The highest BCUT2D eigenvalue weighted by Gasteiger charge is 2.25. The van der Waals surface area contributed by atoms with Crippen molar-refractivity contribution in [2.75, 3.05) is 19.8 Å². The molecule has 1 N–H and O–H groups in total. The van der Waals surface area contributed by atoms with E-state index in [4.69, 9.17) is 18.5 Å². The number of carbonyl (C=O) groups is 2. The van der Waals surface area contributed by atoms with Gasteiger partial charge in [0, 0.05) is 12.8 Å². The Bertz CT molecular complexity index is 990. The second-order valence-corrected chi connectivity index (χ2v) is 15.1. The Morgan fingerprint density at radius 3 is 1.42 bits per heavy atom. The van der Waals surface area contributed by atoms with Gasteiger partial charge in [-0.2, -0.15) is 0 Å². The van der Waals surface area contributed by atoms with E-state index in [1.165, 1.54) is 70.6 Å². The summed E-state index contributed by atoms with van der Waals surface area (Å²) in [6.07, 6.45) is 44.4. The topological polar surface area (TPSA) is 108 Å². The molecule has 0 aliphatic heterocycles. The van der Waals surface area contributed by atoms with Crippen LogP contribution in [0.15, 0.2) is 48.6 Å². The zero-order valence-corrected chi connectivity index (χ0v) is 34.3. The third-order valence-electron chi connectivity index (χ3n) is 8.61. The van der Waals surface area contributed by atoms with Crippen LogP contribution in [0, 0.1) is 0 Å². The van der Waals surface area contributed by atoms with E-state index < -0.39 is 26.5 Å². The van der Waals surface area contributed by atoms with E-state index in [0.717, 1.165) is 77.0 Å². The third-order valence-corrected chi connectivity index (χ3v) is 9.67. The predicted octanol–water partition coefficient (Wildman–Crippen LogP) is 13.0. The summed E-state index contributed by atoms with van der Waals surface area (Å²) in [6.45, 7) is 5.39. The number of phosphoric ester groups is 1. The third kappa shape index (κ3) is 37.8. The molecule has 0 aromatic rings. The van der Waals surface area contributed by atoms with Crippen molar-refractivity contribution in [2.24, 2.45) is 0 Å². The van der Waals surface area contributed by atoms with E-state index in [1.807, 2.05) is 0 Å². The molecule has 2 atom stereocenters. The van der Waals surface area contributed by atoms with Gasteiger partial charge in [0.2, 0.25) is 0 Å². The quantitative estimate of drug-likeness (QED) is 0.0287. The molecule has 0 bridgehead atoms. The van der Waals surface area contributed by atoms with Gasteiger partial charge in [0.15, 0.2) is 6.10 Å². The first-order valence-electron chi connectivity index (χ1n) is 20.9. The highest BCUT2D eigenvalue weighted by molar-refractivity contribution is 7.47. The number of carbonyl (C=O) groups excluding carboxylic acids is 2. The van der Waals surface area contributed by atoms with Crippen LogP contribution in [0.25, 0.3) is 0 Å². The molecule has 52 heavy (non-hydrogen) atoms. The van der Waals surface area contributed by atoms with Crippen molar-refractivity contribution < 1.29 is 37.6 Å². The maximum absolute atomic E-state index is 12.5. The van der Waals surface area contributed by atoms with Crippen molar-refractivity contribution in [1.29, 1.82) is 0 Å². The summed E-state index contributed by atoms with van der Waals surface area (Å²) < 4.78 is 32.6. The molecule has 0 rings (SSSR count). The number of rotatable bonds is 38. The lowest BCUT2D eigenvalue weighted by Crippen LogP contribution is -2.29. The summed E-state index contributed by atoms with van der Waals surface area (Å²) in [5, 5.41) is 0. The Hall–Kier alpha value is -1.99. The molecule has 2 unspecified atom stereocenters. The molecule has 0 saturated carbocycles. The average Bonchev–Trinajstić information content (AvgIpc) is 3.12. The summed E-state index contributed by atoms with van der Waals surface area (Å²) >= 11 is 0. The molecule has 0 radical (unpaired) electrons. The van der Waals surface area contributed by atoms with Crippen LogP contribution in [0.3, 0.4) is 0 Å². The van der Waals surface area contributed by atoms with Gasteiger partial charge in [-0.1, -0.05) is 146 Å². The molecular formula is C43H77O8P. The van der Waals surface area contributed by atoms with Gasteiger partial charge in [-0.15, -0.1) is 0 Å². The summed E-state index contributed by atoms with van der Waals surface area (Å²) in [5.41, 5.74) is 0. The van der Waals surface area contributed by atoms with Gasteiger partial charge >= 0.3 is 19.8 Å². The molecule has 0 fully saturated rings. The number of esters is 2. The standard InChI is InChI=1S/C43H77O8P/c1-4-7-9-11-13-15-17-19-21-22-23-24-26-28-30-32-34-36-38-43(45)51-41(40-50-52(46,47)49-6-3)39-48-42(44)37-35-33-31-29-27-25-20-18-16-14-12-10-8-5-2/h12,14-15,17-18,20-22,41H,4-11,13,16,19,23-40H2,1-3H3,(H,46,47)/b14-12-,17-15-,20-18-,22-21-. The number of unbranched alkanes of at least 4 members (excludes halogenated alkanes) is 18. The van der Waals surface area contributed by atoms with E-state index in [9.17, 15) is 19.0 Å². The summed E-state index contributed by atoms with van der Waals surface area (Å²) in [7, 11) is -4.28. The van der Waals surface area contributed by atoms with Crippen molar-refractivity contribution in [1.82, 2.24) is 0 Å². The SMILES string of the molecule is CCCC/C=C\C/C=C\CCCCCCCC(=O)OCC(COP(=O)(O)OCC)OC(=O)CCCCCCCCC/C=C\C/C=C\CCCCCC. The zero-order valence-electron chi connectivity index (χ0n) is 33.5. The Morgan fingerprint density at radius 2 is 0.942 bits per heavy atom. The van der Waals surface area contributed by atoms with Gasteiger partial charge < -0.3 is 14.4 Å². The fraction of sp³-hybridized carbons (Fsp3) is 0.767. The molecule has 8 nitrogen and oxygen atoms in total. The van der Waals surface area contributed by atoms with Crippen molar-refractivity contribution in [3.05, 3.63) is 48.6 Å². The molecule has 0 heterocycles. The van der Waals surface area contributed by atoms with E-state index in [-0.39, 0.29) is 32.0 Å². The molecular weight excluding hydrogens is 675 g/mol. The van der Waals surface area contributed by atoms with Crippen LogP contribution in [0.2, 0.25) is 0 Å². The highest BCUT2D eigenvalue weighted by Crippen LogP contribution is 2.43. The normalized spacial score (nSPS) is 13.8. The summed E-state index contributed by atoms with van der Waals surface area (Å²) in [6, 6.07) is 0. The highest BCUT2D eigenvalue weighted by atomic mass is 31.2. The van der Waals surface area contributed by atoms with Crippen molar-refractivity contribution in [3.63, 3.8) is 0 Å². The van der Waals surface area contributed by atoms with Crippen molar-refractivity contribution >= 4 is 19.8 Å². The van der Waals surface area contributed by atoms with Crippen LogP contribution in [-0.2, 0) is 32.7 Å². The maximum atomic E-state index is 12.5. The lowest BCUT2D eigenvalue weighted by Gasteiger charge is -2.19. The minimum Gasteiger partial charge on any atom is -0.462 e. The number of hydrogen-bond acceptors (Lipinski definition) is 7. The number of ether oxygens (including phenoxy) is 2. The molecule has 0 aliphatic carbocycles. The Morgan fingerprint density at radius 1 is 0.519 bits per heavy atom. The molecule has 0 aliphatic rings. The van der Waals surface area contributed by atoms with E-state index >= 15 is 0 Å². The fourth-order valence-electron chi connectivity index (χ4n) is 5.50. The number of allylic oxidation sites excluding steroid dienone is 8. The Balaban J connectivity index is 4.14. The molecule has 0 aromatic heterocycles. The second kappa shape index (κ2) is 38.7. The predicted molar refractivity (Wildman–Crippen MR) is 216 cm³/mol. The monoisotopic (exact) mass is 753 g/mol. The lowest BCUT2D eigenvalue weighted by atomic mass is 10.1. The first-order chi connectivity index (χ1) is 25.3. The van der Waals surface area contributed by atoms with Crippen LogP contribution < -0.4 is 0 Å². The first kappa shape index (κ1) is 50.0. The minimum atomic E-state index is -4.28. The fourth-order valence-corrected chi connectivity index (χ4v) is 6.25.